The van der Waals surface area contributed by atoms with Crippen LogP contribution in [0.15, 0.2) is 71.8 Å². The number of nitrogens with one attached hydrogen (secondary N) is 2. The van der Waals surface area contributed by atoms with Gasteiger partial charge in [0.2, 0.25) is 0 Å². The zero-order valence-corrected chi connectivity index (χ0v) is 21.4. The van der Waals surface area contributed by atoms with Crippen molar-refractivity contribution in [1.29, 1.82) is 0 Å². The predicted octanol–water partition coefficient (Wildman–Crippen LogP) is 4.57. The number of aromatic amines is 1. The molecule has 1 aliphatic rings. The molecule has 2 aromatic heterocycles. The number of H-pyrrole nitrogens is 1. The summed E-state index contributed by atoms with van der Waals surface area (Å²) in [5.74, 6) is 0.966. The summed E-state index contributed by atoms with van der Waals surface area (Å²) >= 11 is 12.7. The second kappa shape index (κ2) is 11.0. The molecule has 2 N–H and O–H groups in total. The number of rotatable bonds is 8. The molecule has 0 aliphatic heterocycles. The maximum absolute atomic E-state index is 12.5. The summed E-state index contributed by atoms with van der Waals surface area (Å²) in [6, 6.07) is 17.2. The number of tetrazole rings is 1. The lowest BCUT2D eigenvalue weighted by molar-refractivity contribution is 0.0950. The highest BCUT2D eigenvalue weighted by Gasteiger charge is 2.18. The molecule has 9 nitrogen and oxygen atoms in total. The number of methoxy groups -OCH3 is 1. The molecule has 11 heteroatoms. The molecule has 0 saturated carbocycles. The summed E-state index contributed by atoms with van der Waals surface area (Å²) in [7, 11) is 1.64. The minimum Gasteiger partial charge on any atom is -0.497 e. The first-order valence-corrected chi connectivity index (χ1v) is 12.3. The maximum atomic E-state index is 12.5. The van der Waals surface area contributed by atoms with Crippen molar-refractivity contribution in [2.24, 2.45) is 0 Å². The molecule has 37 heavy (non-hydrogen) atoms. The molecule has 1 aliphatic carbocycles. The fourth-order valence-electron chi connectivity index (χ4n) is 4.00. The van der Waals surface area contributed by atoms with E-state index in [1.165, 1.54) is 0 Å². The zero-order valence-electron chi connectivity index (χ0n) is 19.9. The first kappa shape index (κ1) is 24.7. The van der Waals surface area contributed by atoms with Crippen molar-refractivity contribution in [1.82, 2.24) is 35.7 Å². The molecule has 0 fully saturated rings. The van der Waals surface area contributed by atoms with E-state index in [1.54, 1.807) is 19.2 Å². The monoisotopic (exact) mass is 535 g/mol. The summed E-state index contributed by atoms with van der Waals surface area (Å²) in [4.78, 5) is 12.5. The van der Waals surface area contributed by atoms with E-state index in [9.17, 15) is 4.79 Å². The maximum Gasteiger partial charge on any atom is 0.251 e. The molecule has 0 saturated heterocycles. The molecule has 1 atom stereocenters. The second-order valence-corrected chi connectivity index (χ2v) is 9.49. The van der Waals surface area contributed by atoms with Gasteiger partial charge < -0.3 is 10.1 Å². The van der Waals surface area contributed by atoms with Crippen molar-refractivity contribution < 1.29 is 9.53 Å². The molecule has 1 unspecified atom stereocenters. The average molecular weight is 536 g/mol. The van der Waals surface area contributed by atoms with Crippen molar-refractivity contribution in [3.63, 3.8) is 0 Å². The smallest absolute Gasteiger partial charge is 0.251 e. The Morgan fingerprint density at radius 1 is 1.19 bits per heavy atom. The third-order valence-electron chi connectivity index (χ3n) is 5.87. The Labute approximate surface area is 223 Å². The second-order valence-electron chi connectivity index (χ2n) is 8.44. The Hall–Kier alpha value is -3.95. The molecule has 5 rings (SSSR count). The van der Waals surface area contributed by atoms with E-state index in [0.29, 0.717) is 29.4 Å². The third-order valence-corrected chi connectivity index (χ3v) is 6.41. The number of allylic oxidation sites excluding steroid dienone is 4. The fraction of sp³-hybridized carbons (Fsp3) is 0.192. The first-order chi connectivity index (χ1) is 18.0. The van der Waals surface area contributed by atoms with Gasteiger partial charge in [-0.2, -0.15) is 10.3 Å². The highest BCUT2D eigenvalue weighted by atomic mass is 35.5. The lowest BCUT2D eigenvalue weighted by Gasteiger charge is -2.12. The van der Waals surface area contributed by atoms with Gasteiger partial charge >= 0.3 is 0 Å². The molecule has 4 aromatic rings. The molecule has 2 aromatic carbocycles. The van der Waals surface area contributed by atoms with Crippen molar-refractivity contribution in [2.45, 2.75) is 24.9 Å². The molecular formula is C26H23Cl2N7O2. The standard InChI is InChI=1S/C26H23Cl2N7O2/c1-37-22-8-6-17(7-9-22)24-13-23(19-10-20(27)12-21(28)11-19)32-35(24)15-16-2-4-18(5-3-16)26(36)29-14-25-30-33-34-31-25/h2-11,13,20H,12,14-15H2,1H3,(H,29,36)(H,30,31,33,34). The number of nitrogens with zero attached hydrogens (tertiary/aromatic N) is 5. The Morgan fingerprint density at radius 2 is 1.97 bits per heavy atom. The molecule has 188 valence electrons. The number of alkyl halides is 1. The van der Waals surface area contributed by atoms with E-state index < -0.39 is 0 Å². The van der Waals surface area contributed by atoms with E-state index in [0.717, 1.165) is 33.8 Å². The minimum absolute atomic E-state index is 0.180. The zero-order chi connectivity index (χ0) is 25.8. The van der Waals surface area contributed by atoms with E-state index in [2.05, 4.69) is 25.9 Å². The van der Waals surface area contributed by atoms with Gasteiger partial charge in [-0.25, -0.2) is 0 Å². The molecule has 1 amide bonds. The van der Waals surface area contributed by atoms with E-state index >= 15 is 0 Å². The van der Waals surface area contributed by atoms with Crippen LogP contribution < -0.4 is 10.1 Å². The number of halogens is 2. The van der Waals surface area contributed by atoms with Crippen LogP contribution in [0.25, 0.3) is 16.8 Å². The number of amides is 1. The quantitative estimate of drug-likeness (QED) is 0.320. The third kappa shape index (κ3) is 5.90. The van der Waals surface area contributed by atoms with Gasteiger partial charge in [-0.1, -0.05) is 35.0 Å². The van der Waals surface area contributed by atoms with Crippen LogP contribution in [0.1, 0.15) is 33.9 Å². The Balaban J connectivity index is 1.40. The van der Waals surface area contributed by atoms with Gasteiger partial charge in [-0.15, -0.1) is 21.8 Å². The Kier molecular flexibility index (Phi) is 7.34. The lowest BCUT2D eigenvalue weighted by Crippen LogP contribution is -2.23. The number of hydrogen-bond acceptors (Lipinski definition) is 6. The van der Waals surface area contributed by atoms with Gasteiger partial charge in [0.15, 0.2) is 5.82 Å². The SMILES string of the molecule is COc1ccc(-c2cc(C3=CC(Cl)CC(Cl)=C3)nn2Cc2ccc(C(=O)NCc3nn[nH]n3)cc2)cc1. The number of benzene rings is 2. The summed E-state index contributed by atoms with van der Waals surface area (Å²) in [6.07, 6.45) is 4.49. The number of carbonyl (C=O) groups excluding carboxylic acids is 1. The van der Waals surface area contributed by atoms with Gasteiger partial charge in [0, 0.05) is 28.2 Å². The topological polar surface area (TPSA) is 111 Å². The van der Waals surface area contributed by atoms with Gasteiger partial charge in [-0.05, 0) is 54.1 Å². The highest BCUT2D eigenvalue weighted by molar-refractivity contribution is 6.32. The van der Waals surface area contributed by atoms with Crippen LogP contribution in [0.3, 0.4) is 0 Å². The Morgan fingerprint density at radius 3 is 2.65 bits per heavy atom. The number of aromatic nitrogens is 6. The van der Waals surface area contributed by atoms with Gasteiger partial charge in [0.25, 0.3) is 5.91 Å². The highest BCUT2D eigenvalue weighted by Crippen LogP contribution is 2.32. The van der Waals surface area contributed by atoms with Gasteiger partial charge in [-0.3, -0.25) is 9.48 Å². The largest absolute Gasteiger partial charge is 0.497 e. The van der Waals surface area contributed by atoms with Crippen LogP contribution in [0.4, 0.5) is 0 Å². The number of ether oxygens (including phenoxy) is 1. The van der Waals surface area contributed by atoms with Crippen molar-refractivity contribution in [3.05, 3.63) is 94.4 Å². The molecule has 0 bridgehead atoms. The predicted molar refractivity (Wildman–Crippen MR) is 141 cm³/mol. The number of carbonyl (C=O) groups is 1. The summed E-state index contributed by atoms with van der Waals surface area (Å²) in [5.41, 5.74) is 5.11. The first-order valence-electron chi connectivity index (χ1n) is 11.5. The average Bonchev–Trinajstić information content (AvgIpc) is 3.58. The van der Waals surface area contributed by atoms with Crippen LogP contribution in [0, 0.1) is 0 Å². The molecular weight excluding hydrogens is 513 g/mol. The van der Waals surface area contributed by atoms with Crippen LogP contribution in [-0.4, -0.2) is 48.8 Å². The van der Waals surface area contributed by atoms with Crippen molar-refractivity contribution in [3.8, 4) is 17.0 Å². The molecule has 0 radical (unpaired) electrons. The summed E-state index contributed by atoms with van der Waals surface area (Å²) in [5, 5.41) is 21.7. The summed E-state index contributed by atoms with van der Waals surface area (Å²) in [6.45, 7) is 0.691. The number of hydrogen-bond donors (Lipinski definition) is 2. The van der Waals surface area contributed by atoms with Crippen LogP contribution >= 0.6 is 23.2 Å². The van der Waals surface area contributed by atoms with Crippen LogP contribution in [-0.2, 0) is 13.1 Å². The van der Waals surface area contributed by atoms with E-state index in [-0.39, 0.29) is 17.8 Å². The van der Waals surface area contributed by atoms with Gasteiger partial charge in [0.05, 0.1) is 37.0 Å². The lowest BCUT2D eigenvalue weighted by atomic mass is 10.0. The molecule has 0 spiro atoms. The molecule has 2 heterocycles. The van der Waals surface area contributed by atoms with E-state index in [1.807, 2.05) is 59.3 Å². The minimum atomic E-state index is -0.222. The van der Waals surface area contributed by atoms with Crippen molar-refractivity contribution >= 4 is 34.7 Å². The van der Waals surface area contributed by atoms with Crippen LogP contribution in [0.2, 0.25) is 0 Å². The fourth-order valence-corrected chi connectivity index (χ4v) is 4.67. The Bertz CT molecular complexity index is 1440. The van der Waals surface area contributed by atoms with Gasteiger partial charge in [0.1, 0.15) is 5.75 Å². The summed E-state index contributed by atoms with van der Waals surface area (Å²) < 4.78 is 7.24. The normalized spacial score (nSPS) is 15.2. The van der Waals surface area contributed by atoms with Crippen molar-refractivity contribution in [2.75, 3.05) is 7.11 Å². The van der Waals surface area contributed by atoms with Crippen LogP contribution in [0.5, 0.6) is 5.75 Å². The van der Waals surface area contributed by atoms with E-state index in [4.69, 9.17) is 33.0 Å².